The van der Waals surface area contributed by atoms with E-state index in [1.54, 1.807) is 43.5 Å². The van der Waals surface area contributed by atoms with Gasteiger partial charge in [0.05, 0.1) is 23.2 Å². The third kappa shape index (κ3) is 4.17. The van der Waals surface area contributed by atoms with Crippen LogP contribution in [0.25, 0.3) is 16.6 Å². The maximum Gasteiger partial charge on any atom is 0.336 e. The number of ether oxygens (including phenoxy) is 1. The molecule has 0 unspecified atom stereocenters. The number of hydrogen-bond acceptors (Lipinski definition) is 4. The molecule has 1 N–H and O–H groups in total. The van der Waals surface area contributed by atoms with Crippen molar-refractivity contribution < 1.29 is 9.53 Å². The second kappa shape index (κ2) is 9.28. The third-order valence-corrected chi connectivity index (χ3v) is 5.15. The fraction of sp³-hybridized carbons (Fsp3) is 0.318. The minimum absolute atomic E-state index is 0.310. The number of carbonyl (C=O) groups excluding carboxylic acids is 1. The average molecular weight is 430 g/mol. The van der Waals surface area contributed by atoms with Crippen LogP contribution in [0, 0.1) is 6.92 Å². The lowest BCUT2D eigenvalue weighted by Gasteiger charge is -2.22. The summed E-state index contributed by atoms with van der Waals surface area (Å²) in [4.78, 5) is 39.6. The first-order valence-electron chi connectivity index (χ1n) is 9.69. The van der Waals surface area contributed by atoms with E-state index in [1.807, 2.05) is 19.9 Å². The molecule has 1 heterocycles. The van der Waals surface area contributed by atoms with Crippen molar-refractivity contribution in [2.24, 2.45) is 0 Å². The van der Waals surface area contributed by atoms with Crippen molar-refractivity contribution in [3.8, 4) is 5.69 Å². The van der Waals surface area contributed by atoms with E-state index < -0.39 is 17.3 Å². The highest BCUT2D eigenvalue weighted by Crippen LogP contribution is 2.19. The van der Waals surface area contributed by atoms with Gasteiger partial charge in [-0.25, -0.2) is 9.36 Å². The lowest BCUT2D eigenvalue weighted by Crippen LogP contribution is -2.44. The molecule has 0 spiro atoms. The van der Waals surface area contributed by atoms with Crippen LogP contribution in [0.3, 0.4) is 0 Å². The van der Waals surface area contributed by atoms with Crippen molar-refractivity contribution >= 4 is 28.4 Å². The summed E-state index contributed by atoms with van der Waals surface area (Å²) in [6, 6.07) is 11.0. The predicted molar refractivity (Wildman–Crippen MR) is 118 cm³/mol. The first-order valence-corrected chi connectivity index (χ1v) is 10.1. The Morgan fingerprint density at radius 3 is 2.63 bits per heavy atom. The largest absolute Gasteiger partial charge is 0.383 e. The Labute approximate surface area is 178 Å². The number of aryl methyl sites for hydroxylation is 1. The quantitative estimate of drug-likeness (QED) is 0.585. The van der Waals surface area contributed by atoms with Gasteiger partial charge in [-0.1, -0.05) is 36.2 Å². The Bertz CT molecular complexity index is 1200. The third-order valence-electron chi connectivity index (χ3n) is 4.92. The number of carbonyl (C=O) groups is 1. The van der Waals surface area contributed by atoms with Crippen molar-refractivity contribution in [2.75, 3.05) is 20.3 Å². The number of amides is 1. The number of rotatable bonds is 7. The summed E-state index contributed by atoms with van der Waals surface area (Å²) in [5.41, 5.74) is 0.603. The number of nitrogens with zero attached hydrogens (tertiary/aromatic N) is 2. The second-order valence-corrected chi connectivity index (χ2v) is 7.44. The standard InChI is InChI=1S/C22H24ClN3O4/c1-4-18(20(27)24-10-11-30-3)26-19-9-8-14(2)12-17(19)21(28)25(22(26)29)16-7-5-6-15(23)13-16/h5-9,12-13,18H,4,10-11H2,1-3H3,(H,24,27)/t18-/m0/s1. The van der Waals surface area contributed by atoms with Crippen LogP contribution < -0.4 is 16.6 Å². The van der Waals surface area contributed by atoms with E-state index in [4.69, 9.17) is 16.3 Å². The molecule has 0 aliphatic carbocycles. The van der Waals surface area contributed by atoms with E-state index in [1.165, 1.54) is 4.57 Å². The molecule has 8 heteroatoms. The first kappa shape index (κ1) is 21.8. The van der Waals surface area contributed by atoms with Gasteiger partial charge in [0.25, 0.3) is 5.56 Å². The Balaban J connectivity index is 2.31. The van der Waals surface area contributed by atoms with E-state index in [-0.39, 0.29) is 5.91 Å². The van der Waals surface area contributed by atoms with Gasteiger partial charge in [-0.2, -0.15) is 0 Å². The molecule has 3 rings (SSSR count). The number of halogens is 1. The number of benzene rings is 2. The number of aromatic nitrogens is 2. The number of methoxy groups -OCH3 is 1. The molecular formula is C22H24ClN3O4. The summed E-state index contributed by atoms with van der Waals surface area (Å²) < 4.78 is 7.44. The molecule has 0 aliphatic heterocycles. The number of hydrogen-bond donors (Lipinski definition) is 1. The van der Waals surface area contributed by atoms with Crippen molar-refractivity contribution in [1.29, 1.82) is 0 Å². The molecule has 0 bridgehead atoms. The van der Waals surface area contributed by atoms with Gasteiger partial charge in [-0.05, 0) is 43.7 Å². The van der Waals surface area contributed by atoms with E-state index in [0.29, 0.717) is 41.2 Å². The summed E-state index contributed by atoms with van der Waals surface area (Å²) in [5.74, 6) is -0.310. The highest BCUT2D eigenvalue weighted by molar-refractivity contribution is 6.30. The highest BCUT2D eigenvalue weighted by Gasteiger charge is 2.25. The molecule has 2 aromatic carbocycles. The minimum Gasteiger partial charge on any atom is -0.383 e. The van der Waals surface area contributed by atoms with Crippen molar-refractivity contribution in [3.63, 3.8) is 0 Å². The summed E-state index contributed by atoms with van der Waals surface area (Å²) in [6.07, 6.45) is 0.370. The van der Waals surface area contributed by atoms with Crippen LogP contribution >= 0.6 is 11.6 Å². The van der Waals surface area contributed by atoms with Crippen LogP contribution in [-0.2, 0) is 9.53 Å². The topological polar surface area (TPSA) is 82.3 Å². The Kier molecular flexibility index (Phi) is 6.74. The van der Waals surface area contributed by atoms with Gasteiger partial charge in [0.15, 0.2) is 0 Å². The molecule has 0 fully saturated rings. The lowest BCUT2D eigenvalue weighted by atomic mass is 10.1. The maximum atomic E-state index is 13.5. The highest BCUT2D eigenvalue weighted by atomic mass is 35.5. The molecule has 1 aromatic heterocycles. The van der Waals surface area contributed by atoms with Crippen LogP contribution in [-0.4, -0.2) is 35.3 Å². The number of nitrogens with one attached hydrogen (secondary N) is 1. The van der Waals surface area contributed by atoms with Gasteiger partial charge in [-0.15, -0.1) is 0 Å². The summed E-state index contributed by atoms with van der Waals surface area (Å²) in [7, 11) is 1.55. The Morgan fingerprint density at radius 1 is 1.20 bits per heavy atom. The van der Waals surface area contributed by atoms with Gasteiger partial charge in [0.2, 0.25) is 5.91 Å². The molecule has 1 atom stereocenters. The molecular weight excluding hydrogens is 406 g/mol. The second-order valence-electron chi connectivity index (χ2n) is 7.00. The van der Waals surface area contributed by atoms with Gasteiger partial charge in [0.1, 0.15) is 6.04 Å². The van der Waals surface area contributed by atoms with Crippen LogP contribution in [0.4, 0.5) is 0 Å². The average Bonchev–Trinajstić information content (AvgIpc) is 2.71. The summed E-state index contributed by atoms with van der Waals surface area (Å²) in [6.45, 7) is 4.37. The van der Waals surface area contributed by atoms with Crippen molar-refractivity contribution in [1.82, 2.24) is 14.5 Å². The van der Waals surface area contributed by atoms with E-state index in [0.717, 1.165) is 10.1 Å². The van der Waals surface area contributed by atoms with Gasteiger partial charge >= 0.3 is 5.69 Å². The van der Waals surface area contributed by atoms with Gasteiger partial charge in [-0.3, -0.25) is 14.2 Å². The fourth-order valence-corrected chi connectivity index (χ4v) is 3.66. The summed E-state index contributed by atoms with van der Waals surface area (Å²) >= 11 is 6.09. The number of fused-ring (bicyclic) bond motifs is 1. The molecule has 0 saturated carbocycles. The van der Waals surface area contributed by atoms with E-state index in [9.17, 15) is 14.4 Å². The van der Waals surface area contributed by atoms with Crippen molar-refractivity contribution in [3.05, 3.63) is 73.9 Å². The fourth-order valence-electron chi connectivity index (χ4n) is 3.47. The normalized spacial score (nSPS) is 12.1. The molecule has 30 heavy (non-hydrogen) atoms. The van der Waals surface area contributed by atoms with Crippen LogP contribution in [0.1, 0.15) is 24.9 Å². The predicted octanol–water partition coefficient (Wildman–Crippen LogP) is 2.83. The van der Waals surface area contributed by atoms with Gasteiger partial charge in [0, 0.05) is 18.7 Å². The zero-order valence-corrected chi connectivity index (χ0v) is 17.9. The summed E-state index contributed by atoms with van der Waals surface area (Å²) in [5, 5.41) is 3.55. The Hall–Kier alpha value is -2.90. The van der Waals surface area contributed by atoms with Crippen molar-refractivity contribution in [2.45, 2.75) is 26.3 Å². The molecule has 0 aliphatic rings. The Morgan fingerprint density at radius 2 is 1.97 bits per heavy atom. The maximum absolute atomic E-state index is 13.5. The van der Waals surface area contributed by atoms with E-state index >= 15 is 0 Å². The zero-order valence-electron chi connectivity index (χ0n) is 17.1. The first-order chi connectivity index (χ1) is 14.4. The molecule has 0 saturated heterocycles. The monoisotopic (exact) mass is 429 g/mol. The van der Waals surface area contributed by atoms with Gasteiger partial charge < -0.3 is 10.1 Å². The molecule has 0 radical (unpaired) electrons. The van der Waals surface area contributed by atoms with E-state index in [2.05, 4.69) is 5.32 Å². The zero-order chi connectivity index (χ0) is 21.8. The molecule has 3 aromatic rings. The lowest BCUT2D eigenvalue weighted by molar-refractivity contribution is -0.124. The SMILES string of the molecule is CC[C@@H](C(=O)NCCOC)n1c(=O)n(-c2cccc(Cl)c2)c(=O)c2cc(C)ccc21. The molecule has 158 valence electrons. The molecule has 7 nitrogen and oxygen atoms in total. The smallest absolute Gasteiger partial charge is 0.336 e. The van der Waals surface area contributed by atoms with Crippen LogP contribution in [0.15, 0.2) is 52.1 Å². The van der Waals surface area contributed by atoms with Crippen LogP contribution in [0.5, 0.6) is 0 Å². The molecule has 1 amide bonds. The van der Waals surface area contributed by atoms with Crippen LogP contribution in [0.2, 0.25) is 5.02 Å². The minimum atomic E-state index is -0.786.